The van der Waals surface area contributed by atoms with Crippen LogP contribution in [0.5, 0.6) is 0 Å². The molecule has 5 rings (SSSR count). The Kier molecular flexibility index (Phi) is 6.20. The molecule has 2 heterocycles. The number of benzene rings is 3. The van der Waals surface area contributed by atoms with E-state index in [-0.39, 0.29) is 5.92 Å². The Morgan fingerprint density at radius 2 is 1.60 bits per heavy atom. The maximum Gasteiger partial charge on any atom is 0.229 e. The summed E-state index contributed by atoms with van der Waals surface area (Å²) in [5.74, 6) is 1.43. The van der Waals surface area contributed by atoms with Gasteiger partial charge in [0.15, 0.2) is 5.82 Å². The van der Waals surface area contributed by atoms with Crippen molar-refractivity contribution < 1.29 is 8.42 Å². The fourth-order valence-corrected chi connectivity index (χ4v) is 4.66. The molecule has 0 aliphatic rings. The van der Waals surface area contributed by atoms with Crippen molar-refractivity contribution in [2.24, 2.45) is 0 Å². The van der Waals surface area contributed by atoms with Gasteiger partial charge in [-0.15, -0.1) is 0 Å². The van der Waals surface area contributed by atoms with Crippen molar-refractivity contribution >= 4 is 32.4 Å². The van der Waals surface area contributed by atoms with Gasteiger partial charge in [0, 0.05) is 41.0 Å². The van der Waals surface area contributed by atoms with Crippen LogP contribution in [0, 0.1) is 0 Å². The van der Waals surface area contributed by atoms with Crippen molar-refractivity contribution in [3.63, 3.8) is 0 Å². The van der Waals surface area contributed by atoms with E-state index >= 15 is 0 Å². The highest BCUT2D eigenvalue weighted by atomic mass is 32.2. The summed E-state index contributed by atoms with van der Waals surface area (Å²) in [4.78, 5) is 12.9. The Morgan fingerprint density at radius 1 is 0.857 bits per heavy atom. The van der Waals surface area contributed by atoms with Crippen molar-refractivity contribution in [3.8, 4) is 11.4 Å². The molecule has 7 nitrogen and oxygen atoms in total. The minimum absolute atomic E-state index is 0.115. The topological polar surface area (TPSA) is 99.8 Å². The molecule has 35 heavy (non-hydrogen) atoms. The zero-order chi connectivity index (χ0) is 24.3. The Bertz CT molecular complexity index is 1530. The number of fused-ring (bicyclic) bond motifs is 1. The molecule has 176 valence electrons. The highest BCUT2D eigenvalue weighted by Crippen LogP contribution is 2.28. The van der Waals surface area contributed by atoms with Crippen LogP contribution in [0.3, 0.4) is 0 Å². The Balaban J connectivity index is 1.48. The smallest absolute Gasteiger partial charge is 0.229 e. The van der Waals surface area contributed by atoms with Crippen LogP contribution in [-0.4, -0.2) is 36.2 Å². The van der Waals surface area contributed by atoms with Gasteiger partial charge in [0.25, 0.3) is 0 Å². The minimum atomic E-state index is -3.34. The zero-order valence-corrected chi connectivity index (χ0v) is 20.0. The van der Waals surface area contributed by atoms with Gasteiger partial charge in [-0.3, -0.25) is 4.72 Å². The number of nitrogens with zero attached hydrogens (tertiary/aromatic N) is 2. The minimum Gasteiger partial charge on any atom is -0.368 e. The summed E-state index contributed by atoms with van der Waals surface area (Å²) in [5.41, 5.74) is 4.44. The van der Waals surface area contributed by atoms with Crippen molar-refractivity contribution in [1.29, 1.82) is 0 Å². The number of H-pyrrole nitrogens is 1. The second-order valence-electron chi connectivity index (χ2n) is 8.33. The SMILES string of the molecule is CS(=O)(=O)Nc1ccc(-c2nc(NCC(c3ccccc3)c3ccc[nH]3)c3ccccc3n2)cc1. The van der Waals surface area contributed by atoms with Crippen molar-refractivity contribution in [2.45, 2.75) is 5.92 Å². The molecular formula is C27H25N5O2S. The monoisotopic (exact) mass is 483 g/mol. The summed E-state index contributed by atoms with van der Waals surface area (Å²) in [5, 5.41) is 4.50. The first-order valence-corrected chi connectivity index (χ1v) is 13.1. The van der Waals surface area contributed by atoms with Crippen LogP contribution in [-0.2, 0) is 10.0 Å². The number of sulfonamides is 1. The van der Waals surface area contributed by atoms with E-state index in [2.05, 4.69) is 33.2 Å². The van der Waals surface area contributed by atoms with Gasteiger partial charge in [0.05, 0.1) is 11.8 Å². The van der Waals surface area contributed by atoms with Crippen LogP contribution >= 0.6 is 0 Å². The molecule has 2 aromatic heterocycles. The van der Waals surface area contributed by atoms with Crippen LogP contribution in [0.4, 0.5) is 11.5 Å². The summed E-state index contributed by atoms with van der Waals surface area (Å²) in [7, 11) is -3.34. The molecule has 0 aliphatic heterocycles. The molecule has 0 fully saturated rings. The Morgan fingerprint density at radius 3 is 2.31 bits per heavy atom. The molecule has 8 heteroatoms. The molecule has 3 N–H and O–H groups in total. The van der Waals surface area contributed by atoms with E-state index in [4.69, 9.17) is 9.97 Å². The van der Waals surface area contributed by atoms with E-state index in [1.807, 2.05) is 66.9 Å². The lowest BCUT2D eigenvalue weighted by Gasteiger charge is -2.19. The Labute approximate surface area is 204 Å². The Hall–Kier alpha value is -4.17. The average molecular weight is 484 g/mol. The molecule has 0 radical (unpaired) electrons. The van der Waals surface area contributed by atoms with Crippen molar-refractivity contribution in [3.05, 3.63) is 108 Å². The lowest BCUT2D eigenvalue weighted by Crippen LogP contribution is -2.15. The van der Waals surface area contributed by atoms with Gasteiger partial charge < -0.3 is 10.3 Å². The first-order valence-electron chi connectivity index (χ1n) is 11.2. The third-order valence-electron chi connectivity index (χ3n) is 5.72. The molecule has 0 saturated carbocycles. The quantitative estimate of drug-likeness (QED) is 0.280. The standard InChI is InChI=1S/C27H25N5O2S/c1-35(33,34)32-21-15-13-20(14-16-21)26-30-25-11-6-5-10-22(25)27(31-26)29-18-23(24-12-7-17-28-24)19-8-3-2-4-9-19/h2-17,23,28,32H,18H2,1H3,(H,29,30,31). The van der Waals surface area contributed by atoms with Gasteiger partial charge in [-0.1, -0.05) is 42.5 Å². The van der Waals surface area contributed by atoms with Gasteiger partial charge >= 0.3 is 0 Å². The van der Waals surface area contributed by atoms with Gasteiger partial charge in [-0.05, 0) is 54.1 Å². The third kappa shape index (κ3) is 5.33. The largest absolute Gasteiger partial charge is 0.368 e. The van der Waals surface area contributed by atoms with E-state index in [0.717, 1.165) is 34.2 Å². The van der Waals surface area contributed by atoms with E-state index in [1.54, 1.807) is 12.1 Å². The van der Waals surface area contributed by atoms with Gasteiger partial charge in [-0.2, -0.15) is 0 Å². The third-order valence-corrected chi connectivity index (χ3v) is 6.33. The normalized spacial score (nSPS) is 12.4. The van der Waals surface area contributed by atoms with E-state index in [1.165, 1.54) is 5.56 Å². The summed E-state index contributed by atoms with van der Waals surface area (Å²) < 4.78 is 25.5. The maximum atomic E-state index is 11.5. The zero-order valence-electron chi connectivity index (χ0n) is 19.1. The lowest BCUT2D eigenvalue weighted by molar-refractivity contribution is 0.607. The molecule has 0 saturated heterocycles. The van der Waals surface area contributed by atoms with E-state index < -0.39 is 10.0 Å². The number of aromatic nitrogens is 3. The molecule has 0 bridgehead atoms. The van der Waals surface area contributed by atoms with Gasteiger partial charge in [0.1, 0.15) is 5.82 Å². The molecule has 0 aliphatic carbocycles. The summed E-state index contributed by atoms with van der Waals surface area (Å²) in [6.45, 7) is 0.641. The molecule has 1 unspecified atom stereocenters. The second kappa shape index (κ2) is 9.60. The number of anilines is 2. The fraction of sp³-hybridized carbons (Fsp3) is 0.111. The molecule has 0 spiro atoms. The predicted molar refractivity (Wildman–Crippen MR) is 141 cm³/mol. The second-order valence-corrected chi connectivity index (χ2v) is 10.1. The summed E-state index contributed by atoms with van der Waals surface area (Å²) in [6.07, 6.45) is 3.06. The highest BCUT2D eigenvalue weighted by molar-refractivity contribution is 7.92. The van der Waals surface area contributed by atoms with Crippen LogP contribution in [0.2, 0.25) is 0 Å². The number of para-hydroxylation sites is 1. The van der Waals surface area contributed by atoms with Crippen LogP contribution in [0.15, 0.2) is 97.2 Å². The number of hydrogen-bond acceptors (Lipinski definition) is 5. The first kappa shape index (κ1) is 22.6. The van der Waals surface area contributed by atoms with E-state index in [0.29, 0.717) is 18.1 Å². The van der Waals surface area contributed by atoms with Crippen LogP contribution in [0.25, 0.3) is 22.3 Å². The molecule has 1 atom stereocenters. The number of nitrogens with one attached hydrogen (secondary N) is 3. The van der Waals surface area contributed by atoms with Crippen LogP contribution in [0.1, 0.15) is 17.2 Å². The van der Waals surface area contributed by atoms with Gasteiger partial charge in [0.2, 0.25) is 10.0 Å². The van der Waals surface area contributed by atoms with E-state index in [9.17, 15) is 8.42 Å². The number of hydrogen-bond donors (Lipinski definition) is 3. The lowest BCUT2D eigenvalue weighted by atomic mass is 9.96. The number of rotatable bonds is 8. The first-order chi connectivity index (χ1) is 17.0. The summed E-state index contributed by atoms with van der Waals surface area (Å²) in [6, 6.07) is 29.4. The number of aromatic amines is 1. The maximum absolute atomic E-state index is 11.5. The summed E-state index contributed by atoms with van der Waals surface area (Å²) >= 11 is 0. The predicted octanol–water partition coefficient (Wildman–Crippen LogP) is 5.24. The van der Waals surface area contributed by atoms with Crippen molar-refractivity contribution in [1.82, 2.24) is 15.0 Å². The fourth-order valence-electron chi connectivity index (χ4n) is 4.09. The average Bonchev–Trinajstić information content (AvgIpc) is 3.39. The molecule has 0 amide bonds. The molecule has 3 aromatic carbocycles. The van der Waals surface area contributed by atoms with Crippen molar-refractivity contribution in [2.75, 3.05) is 22.8 Å². The molecular weight excluding hydrogens is 458 g/mol. The van der Waals surface area contributed by atoms with Gasteiger partial charge in [-0.25, -0.2) is 18.4 Å². The van der Waals surface area contributed by atoms with Crippen LogP contribution < -0.4 is 10.0 Å². The molecule has 5 aromatic rings. The highest BCUT2D eigenvalue weighted by Gasteiger charge is 2.17.